The highest BCUT2D eigenvalue weighted by Crippen LogP contribution is 2.51. The first-order valence-corrected chi connectivity index (χ1v) is 15.6. The number of fused-ring (bicyclic) bond motifs is 1. The van der Waals surface area contributed by atoms with Crippen molar-refractivity contribution in [3.8, 4) is 6.07 Å². The molecule has 2 fully saturated rings. The molecule has 2 heterocycles. The Labute approximate surface area is 262 Å². The summed E-state index contributed by atoms with van der Waals surface area (Å²) < 4.78 is 23.6. The highest BCUT2D eigenvalue weighted by molar-refractivity contribution is 6.30. The molecule has 2 aliphatic heterocycles. The smallest absolute Gasteiger partial charge is 0.257 e. The van der Waals surface area contributed by atoms with Crippen molar-refractivity contribution in [2.75, 3.05) is 20.1 Å². The number of nitrogens with zero attached hydrogens (tertiary/aromatic N) is 3. The van der Waals surface area contributed by atoms with Crippen LogP contribution in [0.25, 0.3) is 0 Å². The predicted molar refractivity (Wildman–Crippen MR) is 164 cm³/mol. The number of piperidine rings is 1. The van der Waals surface area contributed by atoms with Gasteiger partial charge in [-0.25, -0.2) is 4.39 Å². The fourth-order valence-electron chi connectivity index (χ4n) is 7.10. The largest absolute Gasteiger partial charge is 0.393 e. The lowest BCUT2D eigenvalue weighted by molar-refractivity contribution is -0.190. The van der Waals surface area contributed by atoms with E-state index in [1.54, 1.807) is 54.6 Å². The van der Waals surface area contributed by atoms with Crippen LogP contribution in [0.15, 0.2) is 60.7 Å². The minimum absolute atomic E-state index is 0.0684. The van der Waals surface area contributed by atoms with E-state index in [1.165, 1.54) is 11.0 Å². The first-order chi connectivity index (χ1) is 21.1. The summed E-state index contributed by atoms with van der Waals surface area (Å²) in [5.74, 6) is -1.15. The normalized spacial score (nSPS) is 25.3. The molecule has 44 heavy (non-hydrogen) atoms. The number of aliphatic hydroxyl groups is 2. The Bertz CT molecular complexity index is 1580. The summed E-state index contributed by atoms with van der Waals surface area (Å²) in [6, 6.07) is 18.9. The quantitative estimate of drug-likeness (QED) is 0.337. The number of carbonyl (C=O) groups is 1. The second kappa shape index (κ2) is 11.9. The summed E-state index contributed by atoms with van der Waals surface area (Å²) in [5, 5.41) is 32.0. The topological polar surface area (TPSA) is 97.0 Å². The third-order valence-corrected chi connectivity index (χ3v) is 10.0. The molecule has 1 aliphatic carbocycles. The van der Waals surface area contributed by atoms with Crippen molar-refractivity contribution in [2.24, 2.45) is 5.92 Å². The number of amides is 1. The van der Waals surface area contributed by atoms with E-state index < -0.39 is 35.3 Å². The molecule has 0 bridgehead atoms. The minimum Gasteiger partial charge on any atom is -0.393 e. The van der Waals surface area contributed by atoms with Crippen LogP contribution in [0.5, 0.6) is 0 Å². The first-order valence-electron chi connectivity index (χ1n) is 15.3. The van der Waals surface area contributed by atoms with Crippen LogP contribution < -0.4 is 0 Å². The lowest BCUT2D eigenvalue weighted by Gasteiger charge is -2.45. The maximum absolute atomic E-state index is 16.9. The van der Waals surface area contributed by atoms with Gasteiger partial charge in [-0.15, -0.1) is 0 Å². The number of ether oxygens (including phenoxy) is 1. The Morgan fingerprint density at radius 1 is 1.11 bits per heavy atom. The third kappa shape index (κ3) is 5.21. The van der Waals surface area contributed by atoms with Crippen LogP contribution in [0.2, 0.25) is 5.02 Å². The number of likely N-dealkylation sites (tertiary alicyclic amines) is 1. The van der Waals surface area contributed by atoms with Gasteiger partial charge in [-0.2, -0.15) is 5.26 Å². The molecule has 1 saturated heterocycles. The number of carbonyl (C=O) groups excluding carboxylic acids is 1. The molecular formula is C35H37ClFN3O4. The van der Waals surface area contributed by atoms with Gasteiger partial charge in [-0.1, -0.05) is 42.8 Å². The molecule has 3 aromatic carbocycles. The van der Waals surface area contributed by atoms with E-state index in [9.17, 15) is 20.3 Å². The van der Waals surface area contributed by atoms with Crippen LogP contribution in [0.4, 0.5) is 4.39 Å². The van der Waals surface area contributed by atoms with Gasteiger partial charge in [0.2, 0.25) is 5.72 Å². The second-order valence-corrected chi connectivity index (χ2v) is 12.9. The number of nitriles is 1. The fourth-order valence-corrected chi connectivity index (χ4v) is 7.23. The monoisotopic (exact) mass is 617 g/mol. The summed E-state index contributed by atoms with van der Waals surface area (Å²) in [4.78, 5) is 18.3. The zero-order valence-electron chi connectivity index (χ0n) is 25.0. The van der Waals surface area contributed by atoms with Crippen LogP contribution in [0.3, 0.4) is 0 Å². The molecular weight excluding hydrogens is 581 g/mol. The number of aliphatic hydroxyl groups excluding tert-OH is 1. The molecule has 7 nitrogen and oxygen atoms in total. The van der Waals surface area contributed by atoms with Gasteiger partial charge in [0.05, 0.1) is 40.6 Å². The standard InChI is InChI=1S/C35H37ClFN3O4/c1-3-34(43,24-12-14-39(2)15-13-24)26-16-30-32(31(37)17-26)35(44-29-18-28(41)19-29,25-8-10-27(36)11-9-25)40(33(30)42)21-23-6-4-22(20-38)5-7-23/h4-11,16-17,24,28-29,41,43H,3,12-15,18-19,21H2,1-2H3/t28?,29?,34-,35+/m0/s1. The molecule has 3 aliphatic rings. The number of rotatable bonds is 8. The molecule has 0 aromatic heterocycles. The van der Waals surface area contributed by atoms with E-state index in [4.69, 9.17) is 16.3 Å². The summed E-state index contributed by atoms with van der Waals surface area (Å²) in [7, 11) is 2.05. The van der Waals surface area contributed by atoms with Crippen LogP contribution in [-0.2, 0) is 22.6 Å². The zero-order valence-corrected chi connectivity index (χ0v) is 25.7. The summed E-state index contributed by atoms with van der Waals surface area (Å²) in [5.41, 5.74) is -0.598. The molecule has 0 radical (unpaired) electrons. The molecule has 6 rings (SSSR count). The summed E-state index contributed by atoms with van der Waals surface area (Å²) in [6.07, 6.45) is 1.66. The SMILES string of the molecule is CC[C@@](O)(c1cc(F)c2c(c1)C(=O)N(Cc1ccc(C#N)cc1)[C@@]2(OC1CC(O)C1)c1ccc(Cl)cc1)C1CCN(C)CC1. The Morgan fingerprint density at radius 2 is 1.77 bits per heavy atom. The van der Waals surface area contributed by atoms with Crippen molar-refractivity contribution in [3.05, 3.63) is 105 Å². The highest BCUT2D eigenvalue weighted by Gasteiger charge is 2.57. The van der Waals surface area contributed by atoms with Gasteiger partial charge in [0.1, 0.15) is 5.82 Å². The minimum atomic E-state index is -1.66. The molecule has 1 saturated carbocycles. The third-order valence-electron chi connectivity index (χ3n) is 9.78. The Hall–Kier alpha value is -3.32. The zero-order chi connectivity index (χ0) is 31.2. The van der Waals surface area contributed by atoms with Gasteiger partial charge in [-0.05, 0) is 106 Å². The van der Waals surface area contributed by atoms with Gasteiger partial charge in [0, 0.05) is 17.1 Å². The van der Waals surface area contributed by atoms with E-state index in [0.29, 0.717) is 41.0 Å². The van der Waals surface area contributed by atoms with Crippen LogP contribution in [-0.4, -0.2) is 58.3 Å². The van der Waals surface area contributed by atoms with Crippen LogP contribution in [0.1, 0.15) is 77.2 Å². The van der Waals surface area contributed by atoms with Crippen LogP contribution in [0, 0.1) is 23.1 Å². The molecule has 9 heteroatoms. The lowest BCUT2D eigenvalue weighted by atomic mass is 9.73. The van der Waals surface area contributed by atoms with E-state index in [0.717, 1.165) is 31.5 Å². The van der Waals surface area contributed by atoms with Crippen molar-refractivity contribution >= 4 is 17.5 Å². The number of hydrogen-bond donors (Lipinski definition) is 2. The molecule has 2 N–H and O–H groups in total. The van der Waals surface area contributed by atoms with Gasteiger partial charge in [-0.3, -0.25) is 9.69 Å². The van der Waals surface area contributed by atoms with E-state index in [-0.39, 0.29) is 23.6 Å². The van der Waals surface area contributed by atoms with E-state index in [2.05, 4.69) is 18.0 Å². The van der Waals surface area contributed by atoms with Crippen molar-refractivity contribution in [3.63, 3.8) is 0 Å². The summed E-state index contributed by atoms with van der Waals surface area (Å²) >= 11 is 6.27. The van der Waals surface area contributed by atoms with E-state index >= 15 is 4.39 Å². The fraction of sp³-hybridized carbons (Fsp3) is 0.429. The number of halogens is 2. The second-order valence-electron chi connectivity index (χ2n) is 12.5. The molecule has 0 unspecified atom stereocenters. The maximum atomic E-state index is 16.9. The molecule has 3 aromatic rings. The molecule has 230 valence electrons. The predicted octanol–water partition coefficient (Wildman–Crippen LogP) is 5.69. The van der Waals surface area contributed by atoms with E-state index in [1.807, 2.05) is 6.92 Å². The van der Waals surface area contributed by atoms with Crippen molar-refractivity contribution in [1.29, 1.82) is 5.26 Å². The maximum Gasteiger partial charge on any atom is 0.257 e. The Kier molecular flexibility index (Phi) is 8.29. The van der Waals surface area contributed by atoms with Crippen molar-refractivity contribution in [2.45, 2.75) is 69.1 Å². The van der Waals surface area contributed by atoms with Gasteiger partial charge in [0.25, 0.3) is 5.91 Å². The average Bonchev–Trinajstić information content (AvgIpc) is 3.24. The van der Waals surface area contributed by atoms with Gasteiger partial charge >= 0.3 is 0 Å². The average molecular weight is 618 g/mol. The first kappa shape index (κ1) is 30.7. The Morgan fingerprint density at radius 3 is 2.36 bits per heavy atom. The van der Waals surface area contributed by atoms with Gasteiger partial charge in [0.15, 0.2) is 0 Å². The molecule has 1 amide bonds. The summed E-state index contributed by atoms with van der Waals surface area (Å²) in [6.45, 7) is 3.63. The lowest BCUT2D eigenvalue weighted by Crippen LogP contribution is -2.51. The van der Waals surface area contributed by atoms with Crippen molar-refractivity contribution in [1.82, 2.24) is 9.80 Å². The molecule has 2 atom stereocenters. The number of benzene rings is 3. The number of hydrogen-bond acceptors (Lipinski definition) is 6. The van der Waals surface area contributed by atoms with Crippen LogP contribution >= 0.6 is 11.6 Å². The molecule has 0 spiro atoms. The van der Waals surface area contributed by atoms with Crippen molar-refractivity contribution < 1.29 is 24.1 Å². The highest BCUT2D eigenvalue weighted by atomic mass is 35.5. The Balaban J connectivity index is 1.53. The van der Waals surface area contributed by atoms with Gasteiger partial charge < -0.3 is 19.8 Å².